The second-order valence-corrected chi connectivity index (χ2v) is 4.53. The molecule has 1 amide bonds. The van der Waals surface area contributed by atoms with Crippen molar-refractivity contribution in [2.24, 2.45) is 5.92 Å². The Kier molecular flexibility index (Phi) is 6.06. The number of hydrogen-bond acceptors (Lipinski definition) is 4. The summed E-state index contributed by atoms with van der Waals surface area (Å²) in [5, 5.41) is 28.5. The molecular formula is C14H15NO7. The van der Waals surface area contributed by atoms with Crippen molar-refractivity contribution < 1.29 is 34.5 Å². The fraction of sp³-hybridized carbons (Fsp3) is 0.286. The second-order valence-electron chi connectivity index (χ2n) is 4.53. The van der Waals surface area contributed by atoms with Gasteiger partial charge in [-0.1, -0.05) is 12.1 Å². The van der Waals surface area contributed by atoms with Crippen LogP contribution in [0.1, 0.15) is 22.3 Å². The minimum atomic E-state index is -1.55. The molecule has 1 aromatic carbocycles. The van der Waals surface area contributed by atoms with Gasteiger partial charge >= 0.3 is 17.9 Å². The average molecular weight is 309 g/mol. The maximum Gasteiger partial charge on any atom is 0.318 e. The predicted octanol–water partition coefficient (Wildman–Crippen LogP) is 0.219. The molecule has 0 spiro atoms. The number of aliphatic carboxylic acids is 3. The van der Waals surface area contributed by atoms with Crippen molar-refractivity contribution in [2.45, 2.75) is 12.8 Å². The highest BCUT2D eigenvalue weighted by molar-refractivity contribution is 5.95. The molecule has 1 aromatic rings. The number of hydrogen-bond donors (Lipinski definition) is 4. The Balaban J connectivity index is 2.66. The van der Waals surface area contributed by atoms with Gasteiger partial charge in [0.1, 0.15) is 0 Å². The highest BCUT2D eigenvalue weighted by Gasteiger charge is 2.25. The minimum Gasteiger partial charge on any atom is -0.481 e. The van der Waals surface area contributed by atoms with Gasteiger partial charge < -0.3 is 20.6 Å². The Labute approximate surface area is 125 Å². The number of carboxylic acids is 3. The normalized spacial score (nSPS) is 10.2. The molecule has 22 heavy (non-hydrogen) atoms. The van der Waals surface area contributed by atoms with E-state index in [-0.39, 0.29) is 24.9 Å². The molecule has 0 unspecified atom stereocenters. The predicted molar refractivity (Wildman–Crippen MR) is 73.5 cm³/mol. The van der Waals surface area contributed by atoms with Crippen LogP contribution < -0.4 is 5.32 Å². The number of benzene rings is 1. The molecule has 1 rings (SSSR count). The summed E-state index contributed by atoms with van der Waals surface area (Å²) in [7, 11) is 0. The van der Waals surface area contributed by atoms with Gasteiger partial charge in [0.05, 0.1) is 6.42 Å². The minimum absolute atomic E-state index is 0.00395. The molecule has 4 N–H and O–H groups in total. The summed E-state index contributed by atoms with van der Waals surface area (Å²) in [6, 6.07) is 5.77. The topological polar surface area (TPSA) is 141 Å². The molecule has 0 aliphatic carbocycles. The number of carbonyl (C=O) groups is 4. The number of carbonyl (C=O) groups excluding carboxylic acids is 1. The summed E-state index contributed by atoms with van der Waals surface area (Å²) < 4.78 is 0. The smallest absolute Gasteiger partial charge is 0.318 e. The van der Waals surface area contributed by atoms with E-state index in [1.54, 1.807) is 0 Å². The third-order valence-corrected chi connectivity index (χ3v) is 2.88. The summed E-state index contributed by atoms with van der Waals surface area (Å²) in [5.74, 6) is -5.88. The molecule has 0 heterocycles. The lowest BCUT2D eigenvalue weighted by Crippen LogP contribution is -2.26. The Morgan fingerprint density at radius 3 is 1.95 bits per heavy atom. The third-order valence-electron chi connectivity index (χ3n) is 2.88. The Morgan fingerprint density at radius 1 is 0.955 bits per heavy atom. The van der Waals surface area contributed by atoms with Crippen molar-refractivity contribution in [2.75, 3.05) is 6.54 Å². The highest BCUT2D eigenvalue weighted by Crippen LogP contribution is 2.11. The monoisotopic (exact) mass is 309 g/mol. The van der Waals surface area contributed by atoms with Gasteiger partial charge in [0.15, 0.2) is 5.92 Å². The zero-order valence-corrected chi connectivity index (χ0v) is 11.5. The van der Waals surface area contributed by atoms with Crippen LogP contribution in [-0.4, -0.2) is 45.7 Å². The first-order valence-corrected chi connectivity index (χ1v) is 6.35. The summed E-state index contributed by atoms with van der Waals surface area (Å²) in [4.78, 5) is 43.6. The molecule has 8 nitrogen and oxygen atoms in total. The van der Waals surface area contributed by atoms with Crippen LogP contribution in [0.25, 0.3) is 0 Å². The van der Waals surface area contributed by atoms with Gasteiger partial charge in [-0.25, -0.2) is 0 Å². The van der Waals surface area contributed by atoms with Crippen LogP contribution in [0.5, 0.6) is 0 Å². The number of carboxylic acid groups (broad SMARTS) is 3. The van der Waals surface area contributed by atoms with Crippen LogP contribution in [0.15, 0.2) is 24.3 Å². The van der Waals surface area contributed by atoms with E-state index < -0.39 is 29.7 Å². The lowest BCUT2D eigenvalue weighted by molar-refractivity contribution is -0.154. The van der Waals surface area contributed by atoms with E-state index in [1.807, 2.05) is 0 Å². The molecule has 118 valence electrons. The van der Waals surface area contributed by atoms with Gasteiger partial charge in [0, 0.05) is 12.1 Å². The number of nitrogens with one attached hydrogen (secondary N) is 1. The van der Waals surface area contributed by atoms with Crippen molar-refractivity contribution in [3.63, 3.8) is 0 Å². The van der Waals surface area contributed by atoms with E-state index in [2.05, 4.69) is 5.32 Å². The van der Waals surface area contributed by atoms with Gasteiger partial charge in [-0.3, -0.25) is 19.2 Å². The zero-order chi connectivity index (χ0) is 16.7. The van der Waals surface area contributed by atoms with Crippen molar-refractivity contribution in [3.8, 4) is 0 Å². The van der Waals surface area contributed by atoms with Gasteiger partial charge in [-0.05, 0) is 24.1 Å². The average Bonchev–Trinajstić information content (AvgIpc) is 2.44. The van der Waals surface area contributed by atoms with Gasteiger partial charge in [-0.15, -0.1) is 0 Å². The molecule has 0 saturated heterocycles. The largest absolute Gasteiger partial charge is 0.481 e. The van der Waals surface area contributed by atoms with Crippen molar-refractivity contribution >= 4 is 23.8 Å². The van der Waals surface area contributed by atoms with E-state index in [9.17, 15) is 19.2 Å². The van der Waals surface area contributed by atoms with Crippen molar-refractivity contribution in [1.29, 1.82) is 0 Å². The maximum absolute atomic E-state index is 11.7. The molecule has 0 aliphatic rings. The lowest BCUT2D eigenvalue weighted by Gasteiger charge is -2.08. The van der Waals surface area contributed by atoms with E-state index in [1.165, 1.54) is 24.3 Å². The Hall–Kier alpha value is -2.90. The van der Waals surface area contributed by atoms with Gasteiger partial charge in [0.2, 0.25) is 0 Å². The van der Waals surface area contributed by atoms with E-state index >= 15 is 0 Å². The Bertz CT molecular complexity index is 565. The summed E-state index contributed by atoms with van der Waals surface area (Å²) in [5.41, 5.74) is 0.744. The highest BCUT2D eigenvalue weighted by atomic mass is 16.4. The van der Waals surface area contributed by atoms with Crippen molar-refractivity contribution in [3.05, 3.63) is 35.4 Å². The molecule has 0 atom stereocenters. The fourth-order valence-corrected chi connectivity index (χ4v) is 1.69. The molecular weight excluding hydrogens is 294 g/mol. The molecule has 0 bridgehead atoms. The number of amides is 1. The van der Waals surface area contributed by atoms with Crippen LogP contribution in [0, 0.1) is 5.92 Å². The summed E-state index contributed by atoms with van der Waals surface area (Å²) in [6.07, 6.45) is -0.381. The van der Waals surface area contributed by atoms with Crippen LogP contribution >= 0.6 is 0 Å². The van der Waals surface area contributed by atoms with E-state index in [4.69, 9.17) is 15.3 Å². The first kappa shape index (κ1) is 17.2. The summed E-state index contributed by atoms with van der Waals surface area (Å²) >= 11 is 0. The second kappa shape index (κ2) is 7.77. The number of rotatable bonds is 8. The van der Waals surface area contributed by atoms with Crippen LogP contribution in [-0.2, 0) is 20.8 Å². The van der Waals surface area contributed by atoms with Crippen LogP contribution in [0.4, 0.5) is 0 Å². The Morgan fingerprint density at radius 2 is 1.50 bits per heavy atom. The molecule has 0 saturated carbocycles. The molecule has 0 radical (unpaired) electrons. The fourth-order valence-electron chi connectivity index (χ4n) is 1.69. The molecule has 0 aromatic heterocycles. The lowest BCUT2D eigenvalue weighted by atomic mass is 9.98. The first-order valence-electron chi connectivity index (χ1n) is 6.35. The van der Waals surface area contributed by atoms with E-state index in [0.29, 0.717) is 5.56 Å². The molecule has 0 fully saturated rings. The summed E-state index contributed by atoms with van der Waals surface area (Å²) in [6.45, 7) is -0.00395. The SMILES string of the molecule is O=C(O)CCNC(=O)c1ccc(CC(C(=O)O)C(=O)O)cc1. The van der Waals surface area contributed by atoms with Gasteiger partial charge in [0.25, 0.3) is 5.91 Å². The maximum atomic E-state index is 11.7. The molecule has 8 heteroatoms. The van der Waals surface area contributed by atoms with Crippen molar-refractivity contribution in [1.82, 2.24) is 5.32 Å². The molecule has 0 aliphatic heterocycles. The van der Waals surface area contributed by atoms with Crippen LogP contribution in [0.2, 0.25) is 0 Å². The van der Waals surface area contributed by atoms with Crippen LogP contribution in [0.3, 0.4) is 0 Å². The standard InChI is InChI=1S/C14H15NO7/c16-11(17)5-6-15-12(18)9-3-1-8(2-4-9)7-10(13(19)20)14(21)22/h1-4,10H,5-7H2,(H,15,18)(H,16,17)(H,19,20)(H,21,22). The first-order chi connectivity index (χ1) is 10.3. The third kappa shape index (κ3) is 5.23. The van der Waals surface area contributed by atoms with Gasteiger partial charge in [-0.2, -0.15) is 0 Å². The van der Waals surface area contributed by atoms with E-state index in [0.717, 1.165) is 0 Å². The zero-order valence-electron chi connectivity index (χ0n) is 11.5. The quantitative estimate of drug-likeness (QED) is 0.503.